The molecule has 1 amide bonds. The second-order valence-corrected chi connectivity index (χ2v) is 6.20. The largest absolute Gasteiger partial charge is 0.349 e. The molecule has 0 spiro atoms. The lowest BCUT2D eigenvalue weighted by atomic mass is 9.95. The third-order valence-electron chi connectivity index (χ3n) is 3.47. The standard InChI is InChI=1S/C14H19IN2O/c1-9-3-4-12(15)11(7-9)14(18)17-13-5-6-16-8-10(13)2/h3-4,7,10,13,16H,5-6,8H2,1-2H3,(H,17,18). The molecule has 1 aromatic rings. The molecule has 1 aliphatic heterocycles. The summed E-state index contributed by atoms with van der Waals surface area (Å²) in [6, 6.07) is 6.28. The van der Waals surface area contributed by atoms with Crippen molar-refractivity contribution in [3.63, 3.8) is 0 Å². The van der Waals surface area contributed by atoms with E-state index in [0.29, 0.717) is 5.92 Å². The summed E-state index contributed by atoms with van der Waals surface area (Å²) in [5.41, 5.74) is 1.92. The monoisotopic (exact) mass is 358 g/mol. The molecular weight excluding hydrogens is 339 g/mol. The van der Waals surface area contributed by atoms with Crippen LogP contribution in [0.5, 0.6) is 0 Å². The van der Waals surface area contributed by atoms with Crippen LogP contribution in [0.25, 0.3) is 0 Å². The van der Waals surface area contributed by atoms with Gasteiger partial charge in [-0.3, -0.25) is 4.79 Å². The number of nitrogens with one attached hydrogen (secondary N) is 2. The van der Waals surface area contributed by atoms with Crippen LogP contribution in [0.15, 0.2) is 18.2 Å². The number of carbonyl (C=O) groups excluding carboxylic acids is 1. The number of benzene rings is 1. The molecule has 1 aliphatic rings. The first-order valence-corrected chi connectivity index (χ1v) is 7.43. The zero-order valence-electron chi connectivity index (χ0n) is 10.8. The summed E-state index contributed by atoms with van der Waals surface area (Å²) in [5, 5.41) is 6.51. The highest BCUT2D eigenvalue weighted by Crippen LogP contribution is 2.16. The average Bonchev–Trinajstić information content (AvgIpc) is 2.35. The van der Waals surface area contributed by atoms with Crippen LogP contribution >= 0.6 is 22.6 Å². The summed E-state index contributed by atoms with van der Waals surface area (Å²) >= 11 is 2.22. The zero-order chi connectivity index (χ0) is 13.1. The summed E-state index contributed by atoms with van der Waals surface area (Å²) in [7, 11) is 0. The van der Waals surface area contributed by atoms with Crippen LogP contribution in [0.4, 0.5) is 0 Å². The second-order valence-electron chi connectivity index (χ2n) is 5.03. The Morgan fingerprint density at radius 3 is 3.00 bits per heavy atom. The van der Waals surface area contributed by atoms with Crippen molar-refractivity contribution in [2.24, 2.45) is 5.92 Å². The van der Waals surface area contributed by atoms with Crippen molar-refractivity contribution in [1.82, 2.24) is 10.6 Å². The van der Waals surface area contributed by atoms with E-state index in [4.69, 9.17) is 0 Å². The van der Waals surface area contributed by atoms with Crippen molar-refractivity contribution >= 4 is 28.5 Å². The summed E-state index contributed by atoms with van der Waals surface area (Å²) < 4.78 is 1.01. The number of amides is 1. The lowest BCUT2D eigenvalue weighted by Crippen LogP contribution is -2.48. The Kier molecular flexibility index (Phi) is 4.61. The minimum atomic E-state index is 0.0573. The van der Waals surface area contributed by atoms with Crippen molar-refractivity contribution in [1.29, 1.82) is 0 Å². The first-order chi connectivity index (χ1) is 8.58. The van der Waals surface area contributed by atoms with Crippen LogP contribution in [0.2, 0.25) is 0 Å². The van der Waals surface area contributed by atoms with E-state index in [9.17, 15) is 4.79 Å². The van der Waals surface area contributed by atoms with Crippen molar-refractivity contribution in [3.8, 4) is 0 Å². The molecule has 0 saturated carbocycles. The Morgan fingerprint density at radius 2 is 2.28 bits per heavy atom. The quantitative estimate of drug-likeness (QED) is 0.797. The van der Waals surface area contributed by atoms with Crippen molar-refractivity contribution in [3.05, 3.63) is 32.9 Å². The van der Waals surface area contributed by atoms with E-state index in [1.54, 1.807) is 0 Å². The van der Waals surface area contributed by atoms with Gasteiger partial charge in [-0.1, -0.05) is 18.6 Å². The average molecular weight is 358 g/mol. The number of carbonyl (C=O) groups is 1. The Morgan fingerprint density at radius 1 is 1.50 bits per heavy atom. The lowest BCUT2D eigenvalue weighted by Gasteiger charge is -2.30. The predicted octanol–water partition coefficient (Wildman–Crippen LogP) is 2.33. The third-order valence-corrected chi connectivity index (χ3v) is 4.41. The maximum Gasteiger partial charge on any atom is 0.252 e. The normalized spacial score (nSPS) is 23.7. The van der Waals surface area contributed by atoms with Crippen LogP contribution in [0, 0.1) is 16.4 Å². The summed E-state index contributed by atoms with van der Waals surface area (Å²) in [6.07, 6.45) is 1.01. The van der Waals surface area contributed by atoms with E-state index in [0.717, 1.165) is 34.2 Å². The van der Waals surface area contributed by atoms with Gasteiger partial charge in [-0.2, -0.15) is 0 Å². The van der Waals surface area contributed by atoms with Gasteiger partial charge in [0.1, 0.15) is 0 Å². The second kappa shape index (κ2) is 6.02. The lowest BCUT2D eigenvalue weighted by molar-refractivity contribution is 0.0913. The molecule has 1 aromatic carbocycles. The predicted molar refractivity (Wildman–Crippen MR) is 81.8 cm³/mol. The Bertz CT molecular complexity index is 447. The maximum absolute atomic E-state index is 12.3. The number of hydrogen-bond acceptors (Lipinski definition) is 2. The third kappa shape index (κ3) is 3.23. The molecule has 2 unspecified atom stereocenters. The van der Waals surface area contributed by atoms with E-state index in [-0.39, 0.29) is 11.9 Å². The fourth-order valence-electron chi connectivity index (χ4n) is 2.29. The van der Waals surface area contributed by atoms with Gasteiger partial charge in [0.25, 0.3) is 5.91 Å². The highest BCUT2D eigenvalue weighted by Gasteiger charge is 2.23. The van der Waals surface area contributed by atoms with Crippen LogP contribution in [0.1, 0.15) is 29.3 Å². The first-order valence-electron chi connectivity index (χ1n) is 6.35. The van der Waals surface area contributed by atoms with Gasteiger partial charge in [0.05, 0.1) is 5.56 Å². The Hall–Kier alpha value is -0.620. The summed E-state index contributed by atoms with van der Waals surface area (Å²) in [4.78, 5) is 12.3. The van der Waals surface area contributed by atoms with Crippen molar-refractivity contribution in [2.75, 3.05) is 13.1 Å². The molecule has 1 heterocycles. The smallest absolute Gasteiger partial charge is 0.252 e. The Balaban J connectivity index is 2.09. The highest BCUT2D eigenvalue weighted by molar-refractivity contribution is 14.1. The first kappa shape index (κ1) is 13.8. The highest BCUT2D eigenvalue weighted by atomic mass is 127. The fourth-order valence-corrected chi connectivity index (χ4v) is 2.87. The fraction of sp³-hybridized carbons (Fsp3) is 0.500. The molecule has 0 aliphatic carbocycles. The molecule has 2 rings (SSSR count). The molecule has 2 atom stereocenters. The molecule has 0 aromatic heterocycles. The molecule has 3 nitrogen and oxygen atoms in total. The van der Waals surface area contributed by atoms with Gasteiger partial charge in [-0.25, -0.2) is 0 Å². The zero-order valence-corrected chi connectivity index (χ0v) is 13.0. The number of rotatable bonds is 2. The summed E-state index contributed by atoms with van der Waals surface area (Å²) in [6.45, 7) is 6.16. The SMILES string of the molecule is Cc1ccc(I)c(C(=O)NC2CCNCC2C)c1. The maximum atomic E-state index is 12.3. The van der Waals surface area contributed by atoms with Gasteiger partial charge >= 0.3 is 0 Å². The van der Waals surface area contributed by atoms with Gasteiger partial charge in [-0.05, 0) is 67.1 Å². The molecule has 98 valence electrons. The minimum absolute atomic E-state index is 0.0573. The molecule has 1 saturated heterocycles. The van der Waals surface area contributed by atoms with Crippen LogP contribution in [-0.4, -0.2) is 25.0 Å². The van der Waals surface area contributed by atoms with Gasteiger partial charge < -0.3 is 10.6 Å². The Labute approximate surface area is 122 Å². The molecule has 0 radical (unpaired) electrons. The topological polar surface area (TPSA) is 41.1 Å². The van der Waals surface area contributed by atoms with Crippen LogP contribution in [0.3, 0.4) is 0 Å². The number of aryl methyl sites for hydroxylation is 1. The van der Waals surface area contributed by atoms with Crippen molar-refractivity contribution in [2.45, 2.75) is 26.3 Å². The molecule has 2 N–H and O–H groups in total. The van der Waals surface area contributed by atoms with Crippen molar-refractivity contribution < 1.29 is 4.79 Å². The van der Waals surface area contributed by atoms with E-state index in [1.807, 2.05) is 25.1 Å². The van der Waals surface area contributed by atoms with Gasteiger partial charge in [-0.15, -0.1) is 0 Å². The molecule has 0 bridgehead atoms. The van der Waals surface area contributed by atoms with Crippen LogP contribution in [-0.2, 0) is 0 Å². The summed E-state index contributed by atoms with van der Waals surface area (Å²) in [5.74, 6) is 0.548. The molecule has 18 heavy (non-hydrogen) atoms. The van der Waals surface area contributed by atoms with Gasteiger partial charge in [0.2, 0.25) is 0 Å². The number of halogens is 1. The number of hydrogen-bond donors (Lipinski definition) is 2. The van der Waals surface area contributed by atoms with E-state index in [1.165, 1.54) is 0 Å². The van der Waals surface area contributed by atoms with Gasteiger partial charge in [0.15, 0.2) is 0 Å². The minimum Gasteiger partial charge on any atom is -0.349 e. The molecule has 1 fully saturated rings. The van der Waals surface area contributed by atoms with Gasteiger partial charge in [0, 0.05) is 9.61 Å². The van der Waals surface area contributed by atoms with E-state index >= 15 is 0 Å². The number of piperidine rings is 1. The van der Waals surface area contributed by atoms with Crippen LogP contribution < -0.4 is 10.6 Å². The molecular formula is C14H19IN2O. The van der Waals surface area contributed by atoms with E-state index < -0.39 is 0 Å². The van der Waals surface area contributed by atoms with E-state index in [2.05, 4.69) is 40.1 Å². The molecule has 4 heteroatoms.